The minimum Gasteiger partial charge on any atom is -0.444 e. The molecule has 190 valence electrons. The number of nitrogens with zero attached hydrogens (tertiary/aromatic N) is 6. The van der Waals surface area contributed by atoms with Crippen molar-refractivity contribution in [2.45, 2.75) is 65.8 Å². The standard InChI is InChI=1S/C24H30N8O4/c1-23(2,3)35-21(33)27-13-17-11-15(7-9-25-17)19-29-31-20(32-30-19)16-8-10-26-18(12-16)14-28-22(34)36-24(4,5)6/h7-12H,13-14H2,1-6H3,(H,27,33)(H,28,34). The lowest BCUT2D eigenvalue weighted by atomic mass is 10.2. The van der Waals surface area contributed by atoms with Crippen molar-refractivity contribution in [2.24, 2.45) is 0 Å². The van der Waals surface area contributed by atoms with Crippen LogP contribution in [-0.2, 0) is 22.6 Å². The number of carbonyl (C=O) groups is 2. The Hall–Kier alpha value is -4.22. The molecule has 0 aliphatic carbocycles. The van der Waals surface area contributed by atoms with Crippen molar-refractivity contribution in [3.05, 3.63) is 48.0 Å². The molecule has 0 spiro atoms. The van der Waals surface area contributed by atoms with Crippen LogP contribution in [0, 0.1) is 0 Å². The van der Waals surface area contributed by atoms with E-state index in [4.69, 9.17) is 9.47 Å². The Morgan fingerprint density at radius 2 is 1.06 bits per heavy atom. The third-order valence-electron chi connectivity index (χ3n) is 4.25. The molecule has 0 bridgehead atoms. The molecule has 0 aromatic carbocycles. The zero-order valence-corrected chi connectivity index (χ0v) is 21.2. The fourth-order valence-electron chi connectivity index (χ4n) is 2.84. The van der Waals surface area contributed by atoms with Gasteiger partial charge in [0.1, 0.15) is 11.2 Å². The van der Waals surface area contributed by atoms with Gasteiger partial charge in [0.2, 0.25) is 11.6 Å². The van der Waals surface area contributed by atoms with Gasteiger partial charge in [-0.3, -0.25) is 9.97 Å². The molecule has 2 N–H and O–H groups in total. The van der Waals surface area contributed by atoms with Crippen LogP contribution in [0.5, 0.6) is 0 Å². The van der Waals surface area contributed by atoms with Gasteiger partial charge in [-0.15, -0.1) is 20.4 Å². The molecule has 0 unspecified atom stereocenters. The second kappa shape index (κ2) is 11.0. The van der Waals surface area contributed by atoms with Crippen molar-refractivity contribution in [1.82, 2.24) is 41.0 Å². The molecule has 0 aliphatic heterocycles. The fraction of sp³-hybridized carbons (Fsp3) is 0.417. The number of aromatic nitrogens is 6. The molecule has 0 atom stereocenters. The Labute approximate surface area is 209 Å². The molecule has 3 heterocycles. The second-order valence-corrected chi connectivity index (χ2v) is 9.83. The van der Waals surface area contributed by atoms with Crippen LogP contribution in [0.25, 0.3) is 22.8 Å². The molecule has 12 heteroatoms. The zero-order valence-electron chi connectivity index (χ0n) is 21.2. The van der Waals surface area contributed by atoms with Crippen molar-refractivity contribution >= 4 is 12.2 Å². The van der Waals surface area contributed by atoms with Gasteiger partial charge in [-0.2, -0.15) is 0 Å². The number of amides is 2. The third-order valence-corrected chi connectivity index (χ3v) is 4.25. The highest BCUT2D eigenvalue weighted by Crippen LogP contribution is 2.17. The van der Waals surface area contributed by atoms with E-state index in [-0.39, 0.29) is 13.1 Å². The van der Waals surface area contributed by atoms with Crippen molar-refractivity contribution in [2.75, 3.05) is 0 Å². The zero-order chi connectivity index (χ0) is 26.3. The Bertz CT molecular complexity index is 1110. The lowest BCUT2D eigenvalue weighted by Crippen LogP contribution is -2.32. The van der Waals surface area contributed by atoms with E-state index >= 15 is 0 Å². The maximum Gasteiger partial charge on any atom is 0.407 e. The van der Waals surface area contributed by atoms with E-state index in [9.17, 15) is 9.59 Å². The molecular weight excluding hydrogens is 464 g/mol. The Morgan fingerprint density at radius 1 is 0.694 bits per heavy atom. The van der Waals surface area contributed by atoms with Gasteiger partial charge < -0.3 is 20.1 Å². The molecule has 12 nitrogen and oxygen atoms in total. The summed E-state index contributed by atoms with van der Waals surface area (Å²) in [5.41, 5.74) is 1.32. The molecular formula is C24H30N8O4. The molecule has 3 rings (SSSR count). The second-order valence-electron chi connectivity index (χ2n) is 9.83. The van der Waals surface area contributed by atoms with Gasteiger partial charge in [-0.1, -0.05) is 0 Å². The largest absolute Gasteiger partial charge is 0.444 e. The minimum atomic E-state index is -0.587. The van der Waals surface area contributed by atoms with Crippen LogP contribution >= 0.6 is 0 Å². The van der Waals surface area contributed by atoms with Crippen molar-refractivity contribution < 1.29 is 19.1 Å². The van der Waals surface area contributed by atoms with Gasteiger partial charge in [0.05, 0.1) is 24.5 Å². The van der Waals surface area contributed by atoms with Gasteiger partial charge in [0.25, 0.3) is 0 Å². The summed E-state index contributed by atoms with van der Waals surface area (Å²) in [4.78, 5) is 32.2. The first-order chi connectivity index (χ1) is 16.9. The van der Waals surface area contributed by atoms with Crippen molar-refractivity contribution in [3.63, 3.8) is 0 Å². The summed E-state index contributed by atoms with van der Waals surface area (Å²) in [5.74, 6) is 0.612. The number of hydrogen-bond acceptors (Lipinski definition) is 10. The van der Waals surface area contributed by atoms with Crippen LogP contribution in [0.1, 0.15) is 52.9 Å². The van der Waals surface area contributed by atoms with Gasteiger partial charge in [0.15, 0.2) is 0 Å². The average molecular weight is 495 g/mol. The predicted octanol–water partition coefficient (Wildman–Crippen LogP) is 3.44. The topological polar surface area (TPSA) is 154 Å². The lowest BCUT2D eigenvalue weighted by Gasteiger charge is -2.19. The first-order valence-corrected chi connectivity index (χ1v) is 11.3. The van der Waals surface area contributed by atoms with Crippen molar-refractivity contribution in [1.29, 1.82) is 0 Å². The van der Waals surface area contributed by atoms with Gasteiger partial charge in [0, 0.05) is 23.5 Å². The number of alkyl carbamates (subject to hydrolysis) is 2. The number of carbonyl (C=O) groups excluding carboxylic acids is 2. The van der Waals surface area contributed by atoms with E-state index in [0.29, 0.717) is 34.2 Å². The SMILES string of the molecule is CC(C)(C)OC(=O)NCc1cc(-c2nnc(-c3ccnc(CNC(=O)OC(C)(C)C)c3)nn2)ccn1. The number of rotatable bonds is 6. The number of pyridine rings is 2. The first-order valence-electron chi connectivity index (χ1n) is 11.3. The Kier molecular flexibility index (Phi) is 8.07. The van der Waals surface area contributed by atoms with Crippen LogP contribution in [-0.4, -0.2) is 53.8 Å². The number of hydrogen-bond donors (Lipinski definition) is 2. The molecule has 3 aromatic rings. The monoisotopic (exact) mass is 494 g/mol. The van der Waals surface area contributed by atoms with Crippen LogP contribution in [0.3, 0.4) is 0 Å². The molecule has 0 saturated heterocycles. The van der Waals surface area contributed by atoms with E-state index in [1.54, 1.807) is 78.2 Å². The number of nitrogens with one attached hydrogen (secondary N) is 2. The highest BCUT2D eigenvalue weighted by molar-refractivity contribution is 5.68. The van der Waals surface area contributed by atoms with Crippen LogP contribution in [0.15, 0.2) is 36.7 Å². The summed E-state index contributed by atoms with van der Waals surface area (Å²) in [6.07, 6.45) is 2.12. The summed E-state index contributed by atoms with van der Waals surface area (Å²) in [6, 6.07) is 6.93. The summed E-state index contributed by atoms with van der Waals surface area (Å²) in [7, 11) is 0. The smallest absolute Gasteiger partial charge is 0.407 e. The maximum absolute atomic E-state index is 11.9. The van der Waals surface area contributed by atoms with E-state index in [0.717, 1.165) is 0 Å². The highest BCUT2D eigenvalue weighted by atomic mass is 16.6. The number of ether oxygens (including phenoxy) is 2. The normalized spacial score (nSPS) is 11.5. The van der Waals surface area contributed by atoms with Gasteiger partial charge >= 0.3 is 12.2 Å². The van der Waals surface area contributed by atoms with Crippen LogP contribution < -0.4 is 10.6 Å². The molecule has 2 amide bonds. The molecule has 0 fully saturated rings. The molecule has 0 saturated carbocycles. The lowest BCUT2D eigenvalue weighted by molar-refractivity contribution is 0.0511. The predicted molar refractivity (Wildman–Crippen MR) is 130 cm³/mol. The van der Waals surface area contributed by atoms with Crippen LogP contribution in [0.2, 0.25) is 0 Å². The van der Waals surface area contributed by atoms with Gasteiger partial charge in [-0.25, -0.2) is 9.59 Å². The molecule has 0 radical (unpaired) electrons. The Balaban J connectivity index is 1.64. The molecule has 3 aromatic heterocycles. The Morgan fingerprint density at radius 3 is 1.39 bits per heavy atom. The first kappa shape index (κ1) is 26.4. The van der Waals surface area contributed by atoms with E-state index in [1.165, 1.54) is 0 Å². The average Bonchev–Trinajstić information content (AvgIpc) is 2.80. The summed E-state index contributed by atoms with van der Waals surface area (Å²) < 4.78 is 10.5. The van der Waals surface area contributed by atoms with E-state index < -0.39 is 23.4 Å². The summed E-state index contributed by atoms with van der Waals surface area (Å²) >= 11 is 0. The maximum atomic E-state index is 11.9. The van der Waals surface area contributed by atoms with E-state index in [1.807, 2.05) is 0 Å². The summed E-state index contributed by atoms with van der Waals surface area (Å²) in [5, 5.41) is 22.0. The fourth-order valence-corrected chi connectivity index (χ4v) is 2.84. The van der Waals surface area contributed by atoms with Crippen molar-refractivity contribution in [3.8, 4) is 22.8 Å². The quantitative estimate of drug-likeness (QED) is 0.521. The van der Waals surface area contributed by atoms with E-state index in [2.05, 4.69) is 41.0 Å². The van der Waals surface area contributed by atoms with Crippen LogP contribution in [0.4, 0.5) is 9.59 Å². The minimum absolute atomic E-state index is 0.179. The summed E-state index contributed by atoms with van der Waals surface area (Å²) in [6.45, 7) is 11.1. The molecule has 0 aliphatic rings. The third kappa shape index (κ3) is 8.53. The molecule has 36 heavy (non-hydrogen) atoms. The highest BCUT2D eigenvalue weighted by Gasteiger charge is 2.17. The van der Waals surface area contributed by atoms with Gasteiger partial charge in [-0.05, 0) is 65.8 Å².